The van der Waals surface area contributed by atoms with Crippen molar-refractivity contribution in [2.45, 2.75) is 6.04 Å². The van der Waals surface area contributed by atoms with E-state index in [9.17, 15) is 8.78 Å². The smallest absolute Gasteiger partial charge is 0.214 e. The van der Waals surface area contributed by atoms with Crippen LogP contribution in [0.15, 0.2) is 72.8 Å². The van der Waals surface area contributed by atoms with Crippen LogP contribution in [0.1, 0.15) is 17.2 Å². The maximum absolute atomic E-state index is 13.5. The first-order chi connectivity index (χ1) is 10.7. The summed E-state index contributed by atoms with van der Waals surface area (Å²) in [6.07, 6.45) is 0. The third kappa shape index (κ3) is 3.28. The van der Waals surface area contributed by atoms with Crippen LogP contribution in [0.25, 0.3) is 0 Å². The topological polar surface area (TPSA) is 24.9 Å². The van der Waals surface area contributed by atoms with Crippen molar-refractivity contribution in [1.29, 1.82) is 0 Å². The summed E-state index contributed by atoms with van der Waals surface area (Å²) in [6.45, 7) is 0. The van der Waals surface area contributed by atoms with Crippen molar-refractivity contribution < 1.29 is 8.78 Å². The highest BCUT2D eigenvalue weighted by Crippen LogP contribution is 2.26. The molecule has 0 radical (unpaired) electrons. The van der Waals surface area contributed by atoms with Gasteiger partial charge < -0.3 is 5.32 Å². The predicted octanol–water partition coefficient (Wildman–Crippen LogP) is 4.56. The van der Waals surface area contributed by atoms with Gasteiger partial charge in [-0.15, -0.1) is 0 Å². The van der Waals surface area contributed by atoms with Crippen LogP contribution in [-0.2, 0) is 0 Å². The summed E-state index contributed by atoms with van der Waals surface area (Å²) < 4.78 is 26.8. The molecular weight excluding hydrogens is 282 g/mol. The standard InChI is InChI=1S/C18H14F2N2/c19-15-9-4-8-14(12-15)18(13-6-2-1-3-7-13)22-17-11-5-10-16(20)21-17/h1-12,18H,(H,21,22). The lowest BCUT2D eigenvalue weighted by atomic mass is 9.98. The second-order valence-corrected chi connectivity index (χ2v) is 4.89. The Kier molecular flexibility index (Phi) is 4.10. The Morgan fingerprint density at radius 3 is 2.23 bits per heavy atom. The van der Waals surface area contributed by atoms with Crippen LogP contribution in [0.5, 0.6) is 0 Å². The summed E-state index contributed by atoms with van der Waals surface area (Å²) in [5, 5.41) is 3.16. The van der Waals surface area contributed by atoms with Gasteiger partial charge in [-0.05, 0) is 35.4 Å². The van der Waals surface area contributed by atoms with E-state index in [1.165, 1.54) is 18.2 Å². The molecule has 1 heterocycles. The zero-order chi connectivity index (χ0) is 15.4. The lowest BCUT2D eigenvalue weighted by Crippen LogP contribution is -2.13. The monoisotopic (exact) mass is 296 g/mol. The first kappa shape index (κ1) is 14.2. The van der Waals surface area contributed by atoms with E-state index < -0.39 is 5.95 Å². The first-order valence-corrected chi connectivity index (χ1v) is 6.92. The van der Waals surface area contributed by atoms with Crippen molar-refractivity contribution in [3.05, 3.63) is 95.7 Å². The third-order valence-corrected chi connectivity index (χ3v) is 3.32. The Morgan fingerprint density at radius 2 is 1.50 bits per heavy atom. The van der Waals surface area contributed by atoms with Gasteiger partial charge in [0.05, 0.1) is 6.04 Å². The number of pyridine rings is 1. The quantitative estimate of drug-likeness (QED) is 0.714. The van der Waals surface area contributed by atoms with Gasteiger partial charge >= 0.3 is 0 Å². The largest absolute Gasteiger partial charge is 0.359 e. The first-order valence-electron chi connectivity index (χ1n) is 6.92. The minimum Gasteiger partial charge on any atom is -0.359 e. The van der Waals surface area contributed by atoms with Crippen molar-refractivity contribution >= 4 is 5.82 Å². The van der Waals surface area contributed by atoms with Gasteiger partial charge in [-0.25, -0.2) is 9.37 Å². The summed E-state index contributed by atoms with van der Waals surface area (Å²) in [4.78, 5) is 3.81. The van der Waals surface area contributed by atoms with E-state index in [2.05, 4.69) is 10.3 Å². The highest BCUT2D eigenvalue weighted by molar-refractivity contribution is 5.44. The second-order valence-electron chi connectivity index (χ2n) is 4.89. The van der Waals surface area contributed by atoms with Crippen LogP contribution in [0, 0.1) is 11.8 Å². The number of aromatic nitrogens is 1. The number of benzene rings is 2. The van der Waals surface area contributed by atoms with Gasteiger partial charge in [0, 0.05) is 0 Å². The fraction of sp³-hybridized carbons (Fsp3) is 0.0556. The molecule has 0 amide bonds. The Hall–Kier alpha value is -2.75. The maximum atomic E-state index is 13.5. The molecule has 1 unspecified atom stereocenters. The average molecular weight is 296 g/mol. The lowest BCUT2D eigenvalue weighted by Gasteiger charge is -2.20. The summed E-state index contributed by atoms with van der Waals surface area (Å²) in [5.74, 6) is -0.471. The molecule has 0 fully saturated rings. The van der Waals surface area contributed by atoms with Crippen molar-refractivity contribution in [1.82, 2.24) is 4.98 Å². The highest BCUT2D eigenvalue weighted by Gasteiger charge is 2.15. The number of hydrogen-bond donors (Lipinski definition) is 1. The molecular formula is C18H14F2N2. The maximum Gasteiger partial charge on any atom is 0.214 e. The van der Waals surface area contributed by atoms with E-state index in [4.69, 9.17) is 0 Å². The molecule has 4 heteroatoms. The Morgan fingerprint density at radius 1 is 0.773 bits per heavy atom. The molecule has 1 aromatic heterocycles. The van der Waals surface area contributed by atoms with E-state index >= 15 is 0 Å². The van der Waals surface area contributed by atoms with E-state index in [1.54, 1.807) is 18.2 Å². The van der Waals surface area contributed by atoms with Crippen LogP contribution in [-0.4, -0.2) is 4.98 Å². The molecule has 2 nitrogen and oxygen atoms in total. The highest BCUT2D eigenvalue weighted by atomic mass is 19.1. The fourth-order valence-electron chi connectivity index (χ4n) is 2.33. The Labute approximate surface area is 127 Å². The fourth-order valence-corrected chi connectivity index (χ4v) is 2.33. The van der Waals surface area contributed by atoms with Crippen LogP contribution in [0.2, 0.25) is 0 Å². The van der Waals surface area contributed by atoms with Crippen molar-refractivity contribution in [2.75, 3.05) is 5.32 Å². The third-order valence-electron chi connectivity index (χ3n) is 3.32. The molecule has 0 saturated heterocycles. The summed E-state index contributed by atoms with van der Waals surface area (Å²) in [6, 6.07) is 20.2. The molecule has 0 saturated carbocycles. The Balaban J connectivity index is 2.00. The van der Waals surface area contributed by atoms with Gasteiger partial charge in [-0.3, -0.25) is 0 Å². The van der Waals surface area contributed by atoms with E-state index in [1.807, 2.05) is 36.4 Å². The summed E-state index contributed by atoms with van der Waals surface area (Å²) in [7, 11) is 0. The molecule has 0 aliphatic carbocycles. The van der Waals surface area contributed by atoms with Crippen LogP contribution in [0.3, 0.4) is 0 Å². The number of nitrogens with one attached hydrogen (secondary N) is 1. The van der Waals surface area contributed by atoms with Crippen LogP contribution >= 0.6 is 0 Å². The molecule has 2 aromatic carbocycles. The molecule has 0 bridgehead atoms. The molecule has 1 atom stereocenters. The number of rotatable bonds is 4. The molecule has 0 aliphatic rings. The van der Waals surface area contributed by atoms with Gasteiger partial charge in [-0.1, -0.05) is 48.5 Å². The van der Waals surface area contributed by atoms with E-state index in [0.717, 1.165) is 11.1 Å². The molecule has 3 rings (SSSR count). The molecule has 1 N–H and O–H groups in total. The summed E-state index contributed by atoms with van der Waals surface area (Å²) in [5.41, 5.74) is 1.69. The van der Waals surface area contributed by atoms with Gasteiger partial charge in [0.25, 0.3) is 0 Å². The number of nitrogens with zero attached hydrogens (tertiary/aromatic N) is 1. The predicted molar refractivity (Wildman–Crippen MR) is 82.5 cm³/mol. The summed E-state index contributed by atoms with van der Waals surface area (Å²) >= 11 is 0. The second kappa shape index (κ2) is 6.35. The number of anilines is 1. The number of hydrogen-bond acceptors (Lipinski definition) is 2. The number of halogens is 2. The van der Waals surface area contributed by atoms with Crippen molar-refractivity contribution in [3.63, 3.8) is 0 Å². The average Bonchev–Trinajstić information content (AvgIpc) is 2.53. The molecule has 0 aliphatic heterocycles. The minimum atomic E-state index is -0.559. The van der Waals surface area contributed by atoms with Gasteiger partial charge in [-0.2, -0.15) is 4.39 Å². The zero-order valence-electron chi connectivity index (χ0n) is 11.7. The van der Waals surface area contributed by atoms with Gasteiger partial charge in [0.1, 0.15) is 11.6 Å². The lowest BCUT2D eigenvalue weighted by molar-refractivity contribution is 0.584. The molecule has 3 aromatic rings. The van der Waals surface area contributed by atoms with Crippen LogP contribution in [0.4, 0.5) is 14.6 Å². The van der Waals surface area contributed by atoms with E-state index in [0.29, 0.717) is 5.82 Å². The molecule has 0 spiro atoms. The minimum absolute atomic E-state index is 0.313. The normalized spacial score (nSPS) is 11.9. The SMILES string of the molecule is Fc1cccc(C(Nc2cccc(F)n2)c2ccccc2)c1. The molecule has 22 heavy (non-hydrogen) atoms. The molecule has 110 valence electrons. The zero-order valence-corrected chi connectivity index (χ0v) is 11.7. The van der Waals surface area contributed by atoms with Crippen LogP contribution < -0.4 is 5.32 Å². The van der Waals surface area contributed by atoms with Crippen molar-refractivity contribution in [3.8, 4) is 0 Å². The van der Waals surface area contributed by atoms with Crippen molar-refractivity contribution in [2.24, 2.45) is 0 Å². The van der Waals surface area contributed by atoms with Gasteiger partial charge in [0.2, 0.25) is 5.95 Å². The van der Waals surface area contributed by atoms with Gasteiger partial charge in [0.15, 0.2) is 0 Å². The van der Waals surface area contributed by atoms with E-state index in [-0.39, 0.29) is 11.9 Å². The Bertz CT molecular complexity index is 760.